The molecule has 3 amide bonds. The second-order valence-electron chi connectivity index (χ2n) is 7.14. The van der Waals surface area contributed by atoms with Gasteiger partial charge in [0.15, 0.2) is 0 Å². The number of carbonyl (C=O) groups excluding carboxylic acids is 2. The third kappa shape index (κ3) is 5.41. The van der Waals surface area contributed by atoms with E-state index in [1.807, 2.05) is 48.3 Å². The number of benzene rings is 2. The van der Waals surface area contributed by atoms with Crippen molar-refractivity contribution in [3.63, 3.8) is 0 Å². The average Bonchev–Trinajstić information content (AvgIpc) is 3.16. The van der Waals surface area contributed by atoms with Gasteiger partial charge in [-0.15, -0.1) is 0 Å². The van der Waals surface area contributed by atoms with Crippen molar-refractivity contribution >= 4 is 11.9 Å². The summed E-state index contributed by atoms with van der Waals surface area (Å²) in [6.45, 7) is 0.131. The highest BCUT2D eigenvalue weighted by Gasteiger charge is 2.23. The van der Waals surface area contributed by atoms with Gasteiger partial charge in [-0.2, -0.15) is 0 Å². The van der Waals surface area contributed by atoms with Crippen LogP contribution >= 0.6 is 0 Å². The molecular weight excluding hydrogens is 338 g/mol. The Bertz CT molecular complexity index is 703. The molecule has 1 aliphatic carbocycles. The zero-order valence-electron chi connectivity index (χ0n) is 15.7. The molecule has 0 aromatic heterocycles. The van der Waals surface area contributed by atoms with Crippen molar-refractivity contribution in [3.05, 3.63) is 71.8 Å². The number of carbonyl (C=O) groups is 2. The molecule has 2 aromatic carbocycles. The molecule has 0 radical (unpaired) electrons. The zero-order chi connectivity index (χ0) is 19.1. The molecule has 27 heavy (non-hydrogen) atoms. The van der Waals surface area contributed by atoms with Crippen LogP contribution in [0.5, 0.6) is 0 Å². The van der Waals surface area contributed by atoms with E-state index in [-0.39, 0.29) is 24.5 Å². The van der Waals surface area contributed by atoms with E-state index >= 15 is 0 Å². The Morgan fingerprint density at radius 3 is 2.00 bits per heavy atom. The number of nitrogens with zero attached hydrogens (tertiary/aromatic N) is 1. The molecule has 1 aliphatic rings. The van der Waals surface area contributed by atoms with Gasteiger partial charge in [0.05, 0.1) is 12.6 Å². The van der Waals surface area contributed by atoms with E-state index in [1.165, 1.54) is 0 Å². The zero-order valence-corrected chi connectivity index (χ0v) is 15.7. The number of hydrogen-bond donors (Lipinski definition) is 2. The minimum atomic E-state index is -0.392. The number of likely N-dealkylation sites (N-methyl/N-ethyl adjacent to an activating group) is 1. The van der Waals surface area contributed by atoms with Gasteiger partial charge in [0.1, 0.15) is 0 Å². The Kier molecular flexibility index (Phi) is 6.60. The number of hydrogen-bond acceptors (Lipinski definition) is 3. The third-order valence-electron chi connectivity index (χ3n) is 5.01. The van der Waals surface area contributed by atoms with E-state index in [2.05, 4.69) is 34.9 Å². The van der Waals surface area contributed by atoms with E-state index in [4.69, 9.17) is 0 Å². The highest BCUT2D eigenvalue weighted by molar-refractivity contribution is 5.95. The first-order valence-electron chi connectivity index (χ1n) is 9.54. The smallest absolute Gasteiger partial charge is 0.321 e. The van der Waals surface area contributed by atoms with Crippen LogP contribution in [-0.4, -0.2) is 36.5 Å². The summed E-state index contributed by atoms with van der Waals surface area (Å²) in [5.74, 6) is -0.301. The second kappa shape index (κ2) is 9.33. The lowest BCUT2D eigenvalue weighted by Crippen LogP contribution is -2.47. The van der Waals surface area contributed by atoms with Crippen LogP contribution < -0.4 is 10.6 Å². The third-order valence-corrected chi connectivity index (χ3v) is 5.01. The lowest BCUT2D eigenvalue weighted by Gasteiger charge is -2.28. The molecule has 2 aromatic rings. The van der Waals surface area contributed by atoms with Gasteiger partial charge >= 0.3 is 6.03 Å². The molecule has 1 saturated carbocycles. The molecule has 0 saturated heterocycles. The van der Waals surface area contributed by atoms with Crippen molar-refractivity contribution in [3.8, 4) is 0 Å². The van der Waals surface area contributed by atoms with Crippen molar-refractivity contribution in [2.24, 2.45) is 0 Å². The summed E-state index contributed by atoms with van der Waals surface area (Å²) in [5, 5.41) is 5.35. The van der Waals surface area contributed by atoms with Crippen molar-refractivity contribution < 1.29 is 9.59 Å². The monoisotopic (exact) mass is 365 g/mol. The second-order valence-corrected chi connectivity index (χ2v) is 7.14. The molecular formula is C22H27N3O2. The molecule has 5 nitrogen and oxygen atoms in total. The largest absolute Gasteiger partial charge is 0.335 e. The Balaban J connectivity index is 1.64. The highest BCUT2D eigenvalue weighted by atomic mass is 16.2. The summed E-state index contributed by atoms with van der Waals surface area (Å²) in [7, 11) is 1.90. The maximum atomic E-state index is 12.4. The number of rotatable bonds is 6. The van der Waals surface area contributed by atoms with E-state index in [0.29, 0.717) is 0 Å². The minimum Gasteiger partial charge on any atom is -0.335 e. The van der Waals surface area contributed by atoms with Gasteiger partial charge in [0, 0.05) is 6.04 Å². The summed E-state index contributed by atoms with van der Waals surface area (Å²) < 4.78 is 0. The van der Waals surface area contributed by atoms with Gasteiger partial charge in [-0.05, 0) is 31.0 Å². The maximum absolute atomic E-state index is 12.4. The summed E-state index contributed by atoms with van der Waals surface area (Å²) in [6, 6.07) is 19.9. The van der Waals surface area contributed by atoms with Gasteiger partial charge in [0.25, 0.3) is 0 Å². The Morgan fingerprint density at radius 2 is 1.48 bits per heavy atom. The number of urea groups is 1. The van der Waals surface area contributed by atoms with Crippen molar-refractivity contribution in [2.75, 3.05) is 13.6 Å². The molecule has 142 valence electrons. The van der Waals surface area contributed by atoms with Gasteiger partial charge in [-0.25, -0.2) is 4.79 Å². The number of nitrogens with one attached hydrogen (secondary N) is 2. The molecule has 0 spiro atoms. The minimum absolute atomic E-state index is 0.0592. The molecule has 5 heteroatoms. The first-order valence-corrected chi connectivity index (χ1v) is 9.54. The van der Waals surface area contributed by atoms with Crippen LogP contribution in [0.15, 0.2) is 60.7 Å². The first kappa shape index (κ1) is 19.1. The van der Waals surface area contributed by atoms with Crippen molar-refractivity contribution in [1.82, 2.24) is 15.5 Å². The molecule has 0 bridgehead atoms. The normalized spacial score (nSPS) is 14.5. The Labute approximate surface area is 160 Å². The van der Waals surface area contributed by atoms with Crippen LogP contribution in [0.3, 0.4) is 0 Å². The lowest BCUT2D eigenvalue weighted by molar-refractivity contribution is -0.121. The van der Waals surface area contributed by atoms with Crippen LogP contribution in [0.4, 0.5) is 4.79 Å². The van der Waals surface area contributed by atoms with E-state index in [1.54, 1.807) is 0 Å². The van der Waals surface area contributed by atoms with E-state index in [0.717, 1.165) is 36.8 Å². The fourth-order valence-electron chi connectivity index (χ4n) is 3.75. The quantitative estimate of drug-likeness (QED) is 0.824. The summed E-state index contributed by atoms with van der Waals surface area (Å²) >= 11 is 0. The fraction of sp³-hybridized carbons (Fsp3) is 0.364. The SMILES string of the molecule is CN(CC(=O)NC(=O)NC1CCCC1)C(c1ccccc1)c1ccccc1. The van der Waals surface area contributed by atoms with E-state index in [9.17, 15) is 9.59 Å². The lowest BCUT2D eigenvalue weighted by atomic mass is 9.97. The molecule has 0 atom stereocenters. The van der Waals surface area contributed by atoms with Crippen LogP contribution in [0.2, 0.25) is 0 Å². The van der Waals surface area contributed by atoms with Gasteiger partial charge in [-0.3, -0.25) is 15.0 Å². The number of imide groups is 1. The van der Waals surface area contributed by atoms with Crippen LogP contribution in [0, 0.1) is 0 Å². The highest BCUT2D eigenvalue weighted by Crippen LogP contribution is 2.27. The molecule has 0 unspecified atom stereocenters. The van der Waals surface area contributed by atoms with Gasteiger partial charge < -0.3 is 5.32 Å². The van der Waals surface area contributed by atoms with Crippen LogP contribution in [0.25, 0.3) is 0 Å². The van der Waals surface area contributed by atoms with Crippen molar-refractivity contribution in [1.29, 1.82) is 0 Å². The summed E-state index contributed by atoms with van der Waals surface area (Å²) in [4.78, 5) is 26.4. The van der Waals surface area contributed by atoms with Crippen molar-refractivity contribution in [2.45, 2.75) is 37.8 Å². The molecule has 0 aliphatic heterocycles. The molecule has 1 fully saturated rings. The average molecular weight is 365 g/mol. The Hall–Kier alpha value is -2.66. The number of amides is 3. The van der Waals surface area contributed by atoms with Gasteiger partial charge in [-0.1, -0.05) is 73.5 Å². The fourth-order valence-corrected chi connectivity index (χ4v) is 3.75. The first-order chi connectivity index (χ1) is 13.1. The molecule has 3 rings (SSSR count). The Morgan fingerprint density at radius 1 is 0.963 bits per heavy atom. The predicted octanol–water partition coefficient (Wildman–Crippen LogP) is 3.48. The summed E-state index contributed by atoms with van der Waals surface area (Å²) in [6.07, 6.45) is 4.26. The molecule has 0 heterocycles. The van der Waals surface area contributed by atoms with Crippen LogP contribution in [-0.2, 0) is 4.79 Å². The summed E-state index contributed by atoms with van der Waals surface area (Å²) in [5.41, 5.74) is 2.21. The maximum Gasteiger partial charge on any atom is 0.321 e. The van der Waals surface area contributed by atoms with Crippen LogP contribution in [0.1, 0.15) is 42.9 Å². The van der Waals surface area contributed by atoms with Gasteiger partial charge in [0.2, 0.25) is 5.91 Å². The topological polar surface area (TPSA) is 61.4 Å². The molecule has 2 N–H and O–H groups in total. The standard InChI is InChI=1S/C22H27N3O2/c1-25(16-20(26)24-22(27)23-19-14-8-9-15-19)21(17-10-4-2-5-11-17)18-12-6-3-7-13-18/h2-7,10-13,19,21H,8-9,14-16H2,1H3,(H2,23,24,26,27). The predicted molar refractivity (Wildman–Crippen MR) is 106 cm³/mol. The van der Waals surface area contributed by atoms with E-state index < -0.39 is 6.03 Å².